The highest BCUT2D eigenvalue weighted by Crippen LogP contribution is 2.36. The molecule has 1 aromatic heterocycles. The lowest BCUT2D eigenvalue weighted by Crippen LogP contribution is -2.67. The van der Waals surface area contributed by atoms with Gasteiger partial charge in [0.1, 0.15) is 0 Å². The van der Waals surface area contributed by atoms with Gasteiger partial charge in [-0.1, -0.05) is 36.4 Å². The molecule has 0 fully saturated rings. The third kappa shape index (κ3) is 3.18. The second-order valence-corrected chi connectivity index (χ2v) is 7.62. The van der Waals surface area contributed by atoms with Crippen LogP contribution in [0.2, 0.25) is 0 Å². The van der Waals surface area contributed by atoms with Crippen molar-refractivity contribution in [3.05, 3.63) is 89.7 Å². The zero-order valence-corrected chi connectivity index (χ0v) is 16.8. The van der Waals surface area contributed by atoms with Crippen LogP contribution in [0.25, 0.3) is 0 Å². The number of carbonyl (C=O) groups excluding carboxylic acids is 2. The van der Waals surface area contributed by atoms with E-state index >= 15 is 0 Å². The first kappa shape index (κ1) is 18.9. The SMILES string of the molecule is Cc1cccc(N2C(=O)C[n+]3ccccc3C2(C)C(=O)Nc2ccccc2C)c1. The maximum Gasteiger partial charge on any atom is 0.294 e. The Morgan fingerprint density at radius 1 is 1.03 bits per heavy atom. The molecule has 29 heavy (non-hydrogen) atoms. The second-order valence-electron chi connectivity index (χ2n) is 7.62. The fraction of sp³-hybridized carbons (Fsp3) is 0.208. The number of fused-ring (bicyclic) bond motifs is 1. The number of rotatable bonds is 3. The number of nitrogens with zero attached hydrogens (tertiary/aromatic N) is 2. The van der Waals surface area contributed by atoms with E-state index in [1.165, 1.54) is 0 Å². The van der Waals surface area contributed by atoms with Crippen LogP contribution in [0.4, 0.5) is 11.4 Å². The monoisotopic (exact) mass is 386 g/mol. The summed E-state index contributed by atoms with van der Waals surface area (Å²) in [4.78, 5) is 28.6. The minimum atomic E-state index is -1.20. The highest BCUT2D eigenvalue weighted by Gasteiger charge is 2.54. The molecule has 0 radical (unpaired) electrons. The lowest BCUT2D eigenvalue weighted by molar-refractivity contribution is -0.697. The van der Waals surface area contributed by atoms with Gasteiger partial charge in [-0.3, -0.25) is 14.5 Å². The number of para-hydroxylation sites is 1. The van der Waals surface area contributed by atoms with Gasteiger partial charge in [0, 0.05) is 23.5 Å². The maximum absolute atomic E-state index is 13.7. The zero-order chi connectivity index (χ0) is 20.6. The number of pyridine rings is 1. The van der Waals surface area contributed by atoms with Crippen molar-refractivity contribution in [2.75, 3.05) is 10.2 Å². The molecular formula is C24H24N3O2+. The van der Waals surface area contributed by atoms with E-state index in [0.717, 1.165) is 22.5 Å². The van der Waals surface area contributed by atoms with Crippen molar-refractivity contribution in [2.24, 2.45) is 0 Å². The Kier molecular flexibility index (Phi) is 4.66. The summed E-state index contributed by atoms with van der Waals surface area (Å²) in [5.74, 6) is -0.372. The summed E-state index contributed by atoms with van der Waals surface area (Å²) in [6, 6.07) is 21.0. The summed E-state index contributed by atoms with van der Waals surface area (Å²) in [6.45, 7) is 5.93. The molecule has 0 bridgehead atoms. The van der Waals surface area contributed by atoms with Crippen molar-refractivity contribution >= 4 is 23.2 Å². The molecule has 1 unspecified atom stereocenters. The predicted molar refractivity (Wildman–Crippen MR) is 112 cm³/mol. The fourth-order valence-corrected chi connectivity index (χ4v) is 3.98. The molecule has 4 rings (SSSR count). The van der Waals surface area contributed by atoms with Crippen molar-refractivity contribution in [3.8, 4) is 0 Å². The number of hydrogen-bond acceptors (Lipinski definition) is 2. The fourth-order valence-electron chi connectivity index (χ4n) is 3.98. The number of nitrogens with one attached hydrogen (secondary N) is 1. The van der Waals surface area contributed by atoms with Crippen LogP contribution in [0.1, 0.15) is 23.7 Å². The van der Waals surface area contributed by atoms with Crippen LogP contribution >= 0.6 is 0 Å². The molecule has 1 atom stereocenters. The van der Waals surface area contributed by atoms with Gasteiger partial charge in [-0.15, -0.1) is 0 Å². The summed E-state index contributed by atoms with van der Waals surface area (Å²) in [6.07, 6.45) is 1.85. The first-order valence-corrected chi connectivity index (χ1v) is 9.67. The van der Waals surface area contributed by atoms with E-state index in [9.17, 15) is 9.59 Å². The Morgan fingerprint density at radius 3 is 2.55 bits per heavy atom. The van der Waals surface area contributed by atoms with Gasteiger partial charge >= 0.3 is 0 Å². The van der Waals surface area contributed by atoms with Crippen LogP contribution < -0.4 is 14.8 Å². The zero-order valence-electron chi connectivity index (χ0n) is 16.8. The standard InChI is InChI=1S/C24H23N3O2/c1-17-9-8-11-19(15-17)27-22(28)16-26-14-7-6-13-21(26)24(27,3)23(29)25-20-12-5-4-10-18(20)2/h4-15H,16H2,1-3H3/p+1. The molecule has 2 amide bonds. The van der Waals surface area contributed by atoms with Crippen molar-refractivity contribution < 1.29 is 14.2 Å². The van der Waals surface area contributed by atoms with Gasteiger partial charge in [-0.25, -0.2) is 0 Å². The molecular weight excluding hydrogens is 362 g/mol. The van der Waals surface area contributed by atoms with Crippen LogP contribution in [0.15, 0.2) is 72.9 Å². The molecule has 0 aliphatic carbocycles. The number of hydrogen-bond donors (Lipinski definition) is 1. The van der Waals surface area contributed by atoms with Gasteiger partial charge in [-0.05, 0) is 50.1 Å². The largest absolute Gasteiger partial charge is 0.323 e. The summed E-state index contributed by atoms with van der Waals surface area (Å²) in [7, 11) is 0. The summed E-state index contributed by atoms with van der Waals surface area (Å²) in [5.41, 5.74) is 3.02. The molecule has 0 saturated heterocycles. The van der Waals surface area contributed by atoms with Gasteiger partial charge in [-0.2, -0.15) is 4.57 Å². The van der Waals surface area contributed by atoms with Crippen LogP contribution in [-0.4, -0.2) is 11.8 Å². The van der Waals surface area contributed by atoms with Gasteiger partial charge in [0.25, 0.3) is 11.8 Å². The second kappa shape index (κ2) is 7.17. The number of aromatic nitrogens is 1. The van der Waals surface area contributed by atoms with E-state index in [1.807, 2.05) is 98.3 Å². The Bertz CT molecular complexity index is 1110. The third-order valence-corrected chi connectivity index (χ3v) is 5.54. The topological polar surface area (TPSA) is 53.3 Å². The summed E-state index contributed by atoms with van der Waals surface area (Å²) in [5, 5.41) is 3.05. The lowest BCUT2D eigenvalue weighted by Gasteiger charge is -2.40. The minimum absolute atomic E-state index is 0.123. The maximum atomic E-state index is 13.7. The normalized spacial score (nSPS) is 18.3. The van der Waals surface area contributed by atoms with Gasteiger partial charge in [0.15, 0.2) is 6.20 Å². The molecule has 146 valence electrons. The number of aryl methyl sites for hydroxylation is 2. The Labute approximate surface area is 170 Å². The number of anilines is 2. The van der Waals surface area contributed by atoms with E-state index in [0.29, 0.717) is 5.69 Å². The third-order valence-electron chi connectivity index (χ3n) is 5.54. The molecule has 1 aliphatic rings. The van der Waals surface area contributed by atoms with Crippen molar-refractivity contribution in [1.29, 1.82) is 0 Å². The number of amides is 2. The number of benzene rings is 2. The molecule has 3 aromatic rings. The van der Waals surface area contributed by atoms with Crippen LogP contribution in [0, 0.1) is 13.8 Å². The Morgan fingerprint density at radius 2 is 1.79 bits per heavy atom. The predicted octanol–water partition coefficient (Wildman–Crippen LogP) is 3.49. The molecule has 1 aliphatic heterocycles. The van der Waals surface area contributed by atoms with Crippen LogP contribution in [0.5, 0.6) is 0 Å². The van der Waals surface area contributed by atoms with Crippen molar-refractivity contribution in [3.63, 3.8) is 0 Å². The quantitative estimate of drug-likeness (QED) is 0.701. The average molecular weight is 386 g/mol. The molecule has 2 aromatic carbocycles. The first-order valence-electron chi connectivity index (χ1n) is 9.67. The summed E-state index contributed by atoms with van der Waals surface area (Å²) >= 11 is 0. The van der Waals surface area contributed by atoms with Crippen LogP contribution in [-0.2, 0) is 21.7 Å². The Hall–Kier alpha value is -3.47. The van der Waals surface area contributed by atoms with E-state index in [-0.39, 0.29) is 18.4 Å². The minimum Gasteiger partial charge on any atom is -0.323 e. The summed E-state index contributed by atoms with van der Waals surface area (Å²) < 4.78 is 1.85. The average Bonchev–Trinajstić information content (AvgIpc) is 2.69. The van der Waals surface area contributed by atoms with E-state index < -0.39 is 5.54 Å². The lowest BCUT2D eigenvalue weighted by atomic mass is 9.89. The van der Waals surface area contributed by atoms with Gasteiger partial charge < -0.3 is 5.32 Å². The molecule has 0 spiro atoms. The highest BCUT2D eigenvalue weighted by atomic mass is 16.2. The smallest absolute Gasteiger partial charge is 0.294 e. The molecule has 0 saturated carbocycles. The van der Waals surface area contributed by atoms with E-state index in [1.54, 1.807) is 4.90 Å². The van der Waals surface area contributed by atoms with Gasteiger partial charge in [0.05, 0.1) is 0 Å². The number of carbonyl (C=O) groups is 2. The van der Waals surface area contributed by atoms with Gasteiger partial charge in [0.2, 0.25) is 17.8 Å². The van der Waals surface area contributed by atoms with Crippen molar-refractivity contribution in [2.45, 2.75) is 32.9 Å². The molecule has 2 heterocycles. The first-order chi connectivity index (χ1) is 13.9. The molecule has 5 heteroatoms. The Balaban J connectivity index is 1.87. The molecule has 1 N–H and O–H groups in total. The van der Waals surface area contributed by atoms with E-state index in [2.05, 4.69) is 5.32 Å². The molecule has 5 nitrogen and oxygen atoms in total. The van der Waals surface area contributed by atoms with Crippen LogP contribution in [0.3, 0.4) is 0 Å². The highest BCUT2D eigenvalue weighted by molar-refractivity contribution is 6.08. The van der Waals surface area contributed by atoms with Crippen molar-refractivity contribution in [1.82, 2.24) is 0 Å². The van der Waals surface area contributed by atoms with E-state index in [4.69, 9.17) is 0 Å².